The van der Waals surface area contributed by atoms with Crippen molar-refractivity contribution < 1.29 is 14.5 Å². The first kappa shape index (κ1) is 17.3. The van der Waals surface area contributed by atoms with E-state index in [9.17, 15) is 19.7 Å². The molecule has 0 aliphatic rings. The number of non-ortho nitro benzene ring substituents is 1. The van der Waals surface area contributed by atoms with Gasteiger partial charge in [-0.2, -0.15) is 0 Å². The number of H-pyrrole nitrogens is 1. The van der Waals surface area contributed by atoms with E-state index < -0.39 is 10.9 Å². The van der Waals surface area contributed by atoms with Crippen LogP contribution in [0.15, 0.2) is 53.3 Å². The number of esters is 1. The number of carbonyl (C=O) groups excluding carboxylic acids is 1. The van der Waals surface area contributed by atoms with E-state index in [2.05, 4.69) is 9.97 Å². The lowest BCUT2D eigenvalue weighted by Crippen LogP contribution is -2.17. The lowest BCUT2D eigenvalue weighted by molar-refractivity contribution is -0.384. The maximum atomic E-state index is 12.0. The molecule has 0 saturated carbocycles. The second-order valence-electron chi connectivity index (χ2n) is 5.61. The summed E-state index contributed by atoms with van der Waals surface area (Å²) >= 11 is 0. The first-order valence-electron chi connectivity index (χ1n) is 7.90. The molecule has 0 amide bonds. The fourth-order valence-electron chi connectivity index (χ4n) is 2.41. The lowest BCUT2D eigenvalue weighted by Gasteiger charge is -2.05. The van der Waals surface area contributed by atoms with Gasteiger partial charge in [0.1, 0.15) is 12.3 Å². The largest absolute Gasteiger partial charge is 0.461 e. The third-order valence-electron chi connectivity index (χ3n) is 3.78. The van der Waals surface area contributed by atoms with E-state index in [0.717, 1.165) is 0 Å². The number of nitro groups is 1. The number of nitrogens with zero attached hydrogens (tertiary/aromatic N) is 2. The molecule has 3 rings (SSSR count). The number of nitrogens with one attached hydrogen (secondary N) is 1. The SMILES string of the molecule is O=C(CCc1nc2ccccc2[nH]c1=O)OCc1ccc([N+](=O)[O-])cc1. The fraction of sp³-hybridized carbons (Fsp3) is 0.167. The monoisotopic (exact) mass is 353 g/mol. The summed E-state index contributed by atoms with van der Waals surface area (Å²) in [5, 5.41) is 10.6. The predicted octanol–water partition coefficient (Wildman–Crippen LogP) is 2.51. The maximum absolute atomic E-state index is 12.0. The number of aryl methyl sites for hydroxylation is 1. The van der Waals surface area contributed by atoms with Crippen LogP contribution in [0.25, 0.3) is 11.0 Å². The number of fused-ring (bicyclic) bond motifs is 1. The number of hydrogen-bond acceptors (Lipinski definition) is 6. The molecule has 1 heterocycles. The molecular formula is C18H15N3O5. The van der Waals surface area contributed by atoms with Crippen LogP contribution in [0.5, 0.6) is 0 Å². The summed E-state index contributed by atoms with van der Waals surface area (Å²) in [7, 11) is 0. The van der Waals surface area contributed by atoms with E-state index in [1.54, 1.807) is 18.2 Å². The summed E-state index contributed by atoms with van der Waals surface area (Å²) in [6.07, 6.45) is 0.181. The van der Waals surface area contributed by atoms with Gasteiger partial charge >= 0.3 is 5.97 Å². The third-order valence-corrected chi connectivity index (χ3v) is 3.78. The third kappa shape index (κ3) is 4.10. The first-order valence-corrected chi connectivity index (χ1v) is 7.90. The van der Waals surface area contributed by atoms with Crippen LogP contribution in [-0.2, 0) is 22.6 Å². The Morgan fingerprint density at radius 3 is 2.62 bits per heavy atom. The van der Waals surface area contributed by atoms with Crippen LogP contribution >= 0.6 is 0 Å². The van der Waals surface area contributed by atoms with Gasteiger partial charge in [-0.1, -0.05) is 12.1 Å². The zero-order chi connectivity index (χ0) is 18.5. The molecule has 0 aliphatic carbocycles. The highest BCUT2D eigenvalue weighted by Gasteiger charge is 2.10. The highest BCUT2D eigenvalue weighted by atomic mass is 16.6. The number of carbonyl (C=O) groups is 1. The Kier molecular flexibility index (Phi) is 5.02. The number of ether oxygens (including phenoxy) is 1. The molecule has 0 radical (unpaired) electrons. The second-order valence-corrected chi connectivity index (χ2v) is 5.61. The van der Waals surface area contributed by atoms with E-state index in [1.807, 2.05) is 6.07 Å². The molecule has 8 heteroatoms. The molecular weight excluding hydrogens is 338 g/mol. The minimum Gasteiger partial charge on any atom is -0.461 e. The molecule has 1 aromatic heterocycles. The Hall–Kier alpha value is -3.55. The molecule has 132 valence electrons. The van der Waals surface area contributed by atoms with Crippen LogP contribution in [0.4, 0.5) is 5.69 Å². The van der Waals surface area contributed by atoms with Crippen molar-refractivity contribution in [3.05, 3.63) is 80.3 Å². The quantitative estimate of drug-likeness (QED) is 0.413. The van der Waals surface area contributed by atoms with Crippen LogP contribution in [0.1, 0.15) is 17.7 Å². The molecule has 3 aromatic rings. The van der Waals surface area contributed by atoms with Crippen LogP contribution in [0.2, 0.25) is 0 Å². The van der Waals surface area contributed by atoms with Gasteiger partial charge in [0.2, 0.25) is 0 Å². The van der Waals surface area contributed by atoms with Crippen molar-refractivity contribution in [1.82, 2.24) is 9.97 Å². The van der Waals surface area contributed by atoms with Crippen molar-refractivity contribution in [2.75, 3.05) is 0 Å². The number of aromatic nitrogens is 2. The van der Waals surface area contributed by atoms with Crippen molar-refractivity contribution in [3.63, 3.8) is 0 Å². The van der Waals surface area contributed by atoms with Gasteiger partial charge in [-0.25, -0.2) is 4.98 Å². The van der Waals surface area contributed by atoms with E-state index in [1.165, 1.54) is 24.3 Å². The Morgan fingerprint density at radius 1 is 1.15 bits per heavy atom. The van der Waals surface area contributed by atoms with Crippen LogP contribution in [0, 0.1) is 10.1 Å². The molecule has 0 spiro atoms. The number of para-hydroxylation sites is 2. The topological polar surface area (TPSA) is 115 Å². The van der Waals surface area contributed by atoms with Crippen LogP contribution < -0.4 is 5.56 Å². The molecule has 2 aromatic carbocycles. The van der Waals surface area contributed by atoms with E-state index in [-0.39, 0.29) is 36.4 Å². The van der Waals surface area contributed by atoms with Gasteiger partial charge in [-0.15, -0.1) is 0 Å². The van der Waals surface area contributed by atoms with Gasteiger partial charge in [-0.05, 0) is 29.8 Å². The van der Waals surface area contributed by atoms with Crippen molar-refractivity contribution in [3.8, 4) is 0 Å². The zero-order valence-electron chi connectivity index (χ0n) is 13.7. The summed E-state index contributed by atoms with van der Waals surface area (Å²) in [6.45, 7) is 0.0122. The summed E-state index contributed by atoms with van der Waals surface area (Å²) in [5.41, 5.74) is 1.86. The number of hydrogen-bond donors (Lipinski definition) is 1. The fourth-order valence-corrected chi connectivity index (χ4v) is 2.41. The molecule has 0 bridgehead atoms. The number of benzene rings is 2. The Labute approximate surface area is 147 Å². The van der Waals surface area contributed by atoms with E-state index >= 15 is 0 Å². The first-order chi connectivity index (χ1) is 12.5. The lowest BCUT2D eigenvalue weighted by atomic mass is 10.2. The number of aromatic amines is 1. The summed E-state index contributed by atoms with van der Waals surface area (Å²) in [6, 6.07) is 12.9. The maximum Gasteiger partial charge on any atom is 0.306 e. The van der Waals surface area contributed by atoms with Crippen molar-refractivity contribution >= 4 is 22.7 Å². The smallest absolute Gasteiger partial charge is 0.306 e. The molecule has 26 heavy (non-hydrogen) atoms. The van der Waals surface area contributed by atoms with Gasteiger partial charge in [0.05, 0.1) is 22.4 Å². The summed E-state index contributed by atoms with van der Waals surface area (Å²) < 4.78 is 5.13. The van der Waals surface area contributed by atoms with Gasteiger partial charge in [0, 0.05) is 18.6 Å². The van der Waals surface area contributed by atoms with Gasteiger partial charge in [-0.3, -0.25) is 19.7 Å². The van der Waals surface area contributed by atoms with Gasteiger partial charge in [0.15, 0.2) is 0 Å². The Morgan fingerprint density at radius 2 is 1.88 bits per heavy atom. The Bertz CT molecular complexity index is 1010. The molecule has 0 fully saturated rings. The molecule has 1 N–H and O–H groups in total. The van der Waals surface area contributed by atoms with Crippen molar-refractivity contribution in [2.24, 2.45) is 0 Å². The average Bonchev–Trinajstić information content (AvgIpc) is 2.65. The highest BCUT2D eigenvalue weighted by molar-refractivity contribution is 5.74. The molecule has 8 nitrogen and oxygen atoms in total. The van der Waals surface area contributed by atoms with Crippen LogP contribution in [-0.4, -0.2) is 20.9 Å². The predicted molar refractivity (Wildman–Crippen MR) is 93.6 cm³/mol. The van der Waals surface area contributed by atoms with Gasteiger partial charge < -0.3 is 9.72 Å². The Balaban J connectivity index is 1.56. The standard InChI is InChI=1S/C18H15N3O5/c22-17(26-11-12-5-7-13(8-6-12)21(24)25)10-9-16-18(23)20-15-4-2-1-3-14(15)19-16/h1-8H,9-11H2,(H,20,23). The number of nitro benzene ring substituents is 1. The average molecular weight is 353 g/mol. The molecule has 0 unspecified atom stereocenters. The molecule has 0 aliphatic heterocycles. The normalized spacial score (nSPS) is 10.6. The van der Waals surface area contributed by atoms with Crippen molar-refractivity contribution in [1.29, 1.82) is 0 Å². The minimum atomic E-state index is -0.496. The van der Waals surface area contributed by atoms with Crippen LogP contribution in [0.3, 0.4) is 0 Å². The van der Waals surface area contributed by atoms with Gasteiger partial charge in [0.25, 0.3) is 11.2 Å². The molecule has 0 saturated heterocycles. The van der Waals surface area contributed by atoms with E-state index in [4.69, 9.17) is 4.74 Å². The van der Waals surface area contributed by atoms with Crippen molar-refractivity contribution in [2.45, 2.75) is 19.4 Å². The number of rotatable bonds is 6. The minimum absolute atomic E-state index is 0.0122. The molecule has 0 atom stereocenters. The zero-order valence-corrected chi connectivity index (χ0v) is 13.7. The highest BCUT2D eigenvalue weighted by Crippen LogP contribution is 2.13. The summed E-state index contributed by atoms with van der Waals surface area (Å²) in [4.78, 5) is 41.0. The van der Waals surface area contributed by atoms with E-state index in [0.29, 0.717) is 16.6 Å². The second kappa shape index (κ2) is 7.56. The summed E-state index contributed by atoms with van der Waals surface area (Å²) in [5.74, 6) is -0.474.